The summed E-state index contributed by atoms with van der Waals surface area (Å²) in [5.74, 6) is 0. The highest BCUT2D eigenvalue weighted by molar-refractivity contribution is 5.91. The lowest BCUT2D eigenvalue weighted by molar-refractivity contribution is 0.315. The van der Waals surface area contributed by atoms with Crippen LogP contribution in [0.3, 0.4) is 0 Å². The van der Waals surface area contributed by atoms with Gasteiger partial charge in [0.15, 0.2) is 5.52 Å². The van der Waals surface area contributed by atoms with Gasteiger partial charge in [-0.2, -0.15) is 0 Å². The van der Waals surface area contributed by atoms with Crippen LogP contribution in [-0.2, 0) is 6.42 Å². The Hall–Kier alpha value is -2.36. The molecule has 1 aromatic heterocycles. The summed E-state index contributed by atoms with van der Waals surface area (Å²) >= 11 is 0. The van der Waals surface area contributed by atoms with E-state index in [4.69, 9.17) is 4.63 Å². The van der Waals surface area contributed by atoms with Crippen LogP contribution in [0.25, 0.3) is 11.0 Å². The number of hydrogen-bond acceptors (Lipinski definition) is 4. The van der Waals surface area contributed by atoms with Crippen molar-refractivity contribution in [2.45, 2.75) is 20.3 Å². The van der Waals surface area contributed by atoms with Crippen molar-refractivity contribution in [3.8, 4) is 0 Å². The summed E-state index contributed by atoms with van der Waals surface area (Å²) in [6.45, 7) is 4.14. The minimum atomic E-state index is 0.763. The molecular weight excluding hydrogens is 238 g/mol. The predicted molar refractivity (Wildman–Crippen MR) is 75.6 cm³/mol. The van der Waals surface area contributed by atoms with Crippen molar-refractivity contribution in [1.29, 1.82) is 0 Å². The molecule has 0 amide bonds. The zero-order valence-corrected chi connectivity index (χ0v) is 11.0. The summed E-state index contributed by atoms with van der Waals surface area (Å²) in [4.78, 5) is 0. The average molecular weight is 253 g/mol. The van der Waals surface area contributed by atoms with Gasteiger partial charge in [-0.1, -0.05) is 25.1 Å². The SMILES string of the molecule is CCc1ccc(Nc2ccc(C)c3nonc23)cc1. The molecule has 0 saturated heterocycles. The van der Waals surface area contributed by atoms with E-state index in [0.717, 1.165) is 34.4 Å². The fourth-order valence-corrected chi connectivity index (χ4v) is 2.07. The van der Waals surface area contributed by atoms with Crippen LogP contribution in [0, 0.1) is 6.92 Å². The van der Waals surface area contributed by atoms with Crippen molar-refractivity contribution in [2.24, 2.45) is 0 Å². The van der Waals surface area contributed by atoms with Gasteiger partial charge in [0.25, 0.3) is 0 Å². The maximum atomic E-state index is 4.82. The molecule has 0 aliphatic carbocycles. The van der Waals surface area contributed by atoms with Gasteiger partial charge in [0.05, 0.1) is 5.69 Å². The van der Waals surface area contributed by atoms with E-state index in [-0.39, 0.29) is 0 Å². The predicted octanol–water partition coefficient (Wildman–Crippen LogP) is 3.84. The van der Waals surface area contributed by atoms with Gasteiger partial charge in [-0.25, -0.2) is 4.63 Å². The monoisotopic (exact) mass is 253 g/mol. The Bertz CT molecular complexity index is 701. The van der Waals surface area contributed by atoms with Crippen LogP contribution in [0.5, 0.6) is 0 Å². The standard InChI is InChI=1S/C15H15N3O/c1-3-11-5-7-12(8-6-11)16-13-9-4-10(2)14-15(13)18-19-17-14/h4-9,16H,3H2,1-2H3. The number of hydrogen-bond donors (Lipinski definition) is 1. The molecular formula is C15H15N3O. The van der Waals surface area contributed by atoms with E-state index >= 15 is 0 Å². The molecule has 0 radical (unpaired) electrons. The van der Waals surface area contributed by atoms with Gasteiger partial charge in [0.2, 0.25) is 0 Å². The molecule has 0 atom stereocenters. The van der Waals surface area contributed by atoms with E-state index in [0.29, 0.717) is 0 Å². The molecule has 0 unspecified atom stereocenters. The Morgan fingerprint density at radius 2 is 1.74 bits per heavy atom. The van der Waals surface area contributed by atoms with E-state index in [1.165, 1.54) is 5.56 Å². The topological polar surface area (TPSA) is 51.0 Å². The molecule has 19 heavy (non-hydrogen) atoms. The van der Waals surface area contributed by atoms with Crippen LogP contribution in [-0.4, -0.2) is 10.3 Å². The molecule has 0 aliphatic heterocycles. The van der Waals surface area contributed by atoms with Crippen molar-refractivity contribution in [1.82, 2.24) is 10.3 Å². The summed E-state index contributed by atoms with van der Waals surface area (Å²) < 4.78 is 4.82. The average Bonchev–Trinajstić information content (AvgIpc) is 2.93. The van der Waals surface area contributed by atoms with Crippen LogP contribution in [0.15, 0.2) is 41.0 Å². The first kappa shape index (κ1) is 11.7. The lowest BCUT2D eigenvalue weighted by Gasteiger charge is -2.07. The maximum absolute atomic E-state index is 4.82. The third-order valence-electron chi connectivity index (χ3n) is 3.26. The molecule has 1 N–H and O–H groups in total. The van der Waals surface area contributed by atoms with Gasteiger partial charge in [0, 0.05) is 5.69 Å². The molecule has 1 heterocycles. The van der Waals surface area contributed by atoms with E-state index in [1.54, 1.807) is 0 Å². The van der Waals surface area contributed by atoms with E-state index < -0.39 is 0 Å². The van der Waals surface area contributed by atoms with Crippen LogP contribution < -0.4 is 5.32 Å². The molecule has 0 aliphatic rings. The van der Waals surface area contributed by atoms with Crippen LogP contribution in [0.1, 0.15) is 18.1 Å². The third-order valence-corrected chi connectivity index (χ3v) is 3.26. The Morgan fingerprint density at radius 1 is 1.00 bits per heavy atom. The second kappa shape index (κ2) is 4.72. The summed E-state index contributed by atoms with van der Waals surface area (Å²) in [6, 6.07) is 12.4. The second-order valence-electron chi connectivity index (χ2n) is 4.57. The largest absolute Gasteiger partial charge is 0.354 e. The third kappa shape index (κ3) is 2.17. The molecule has 2 aromatic carbocycles. The first-order valence-corrected chi connectivity index (χ1v) is 6.36. The highest BCUT2D eigenvalue weighted by Gasteiger charge is 2.09. The number of aryl methyl sites for hydroxylation is 2. The minimum Gasteiger partial charge on any atom is -0.354 e. The van der Waals surface area contributed by atoms with Gasteiger partial charge < -0.3 is 5.32 Å². The number of anilines is 2. The molecule has 4 nitrogen and oxygen atoms in total. The van der Waals surface area contributed by atoms with Crippen LogP contribution in [0.2, 0.25) is 0 Å². The summed E-state index contributed by atoms with van der Waals surface area (Å²) in [5.41, 5.74) is 5.89. The lowest BCUT2D eigenvalue weighted by Crippen LogP contribution is -1.92. The molecule has 0 saturated carbocycles. The molecule has 0 bridgehead atoms. The Balaban J connectivity index is 1.96. The number of aromatic nitrogens is 2. The number of benzene rings is 2. The van der Waals surface area contributed by atoms with Gasteiger partial charge in [-0.3, -0.25) is 0 Å². The van der Waals surface area contributed by atoms with Crippen molar-refractivity contribution >= 4 is 22.4 Å². The fraction of sp³-hybridized carbons (Fsp3) is 0.200. The van der Waals surface area contributed by atoms with Crippen LogP contribution >= 0.6 is 0 Å². The molecule has 0 spiro atoms. The highest BCUT2D eigenvalue weighted by atomic mass is 16.6. The van der Waals surface area contributed by atoms with Crippen molar-refractivity contribution in [3.63, 3.8) is 0 Å². The van der Waals surface area contributed by atoms with Crippen molar-refractivity contribution < 1.29 is 4.63 Å². The zero-order valence-electron chi connectivity index (χ0n) is 11.0. The van der Waals surface area contributed by atoms with Gasteiger partial charge in [-0.15, -0.1) is 0 Å². The smallest absolute Gasteiger partial charge is 0.158 e. The summed E-state index contributed by atoms with van der Waals surface area (Å²) in [6.07, 6.45) is 1.04. The van der Waals surface area contributed by atoms with E-state index in [2.05, 4.69) is 46.8 Å². The molecule has 96 valence electrons. The second-order valence-corrected chi connectivity index (χ2v) is 4.57. The molecule has 4 heteroatoms. The Labute approximate surface area is 111 Å². The number of nitrogens with zero attached hydrogens (tertiary/aromatic N) is 2. The van der Waals surface area contributed by atoms with Crippen molar-refractivity contribution in [3.05, 3.63) is 47.5 Å². The number of rotatable bonds is 3. The minimum absolute atomic E-state index is 0.763. The first-order valence-electron chi connectivity index (χ1n) is 6.36. The zero-order chi connectivity index (χ0) is 13.2. The molecule has 3 aromatic rings. The van der Waals surface area contributed by atoms with Gasteiger partial charge >= 0.3 is 0 Å². The molecule has 3 rings (SSSR count). The maximum Gasteiger partial charge on any atom is 0.158 e. The van der Waals surface area contributed by atoms with Crippen molar-refractivity contribution in [2.75, 3.05) is 5.32 Å². The number of nitrogens with one attached hydrogen (secondary N) is 1. The summed E-state index contributed by atoms with van der Waals surface area (Å²) in [7, 11) is 0. The van der Waals surface area contributed by atoms with Gasteiger partial charge in [0.1, 0.15) is 5.52 Å². The Kier molecular flexibility index (Phi) is 2.91. The van der Waals surface area contributed by atoms with Gasteiger partial charge in [-0.05, 0) is 53.0 Å². The highest BCUT2D eigenvalue weighted by Crippen LogP contribution is 2.26. The normalized spacial score (nSPS) is 10.8. The fourth-order valence-electron chi connectivity index (χ4n) is 2.07. The lowest BCUT2D eigenvalue weighted by atomic mass is 10.1. The van der Waals surface area contributed by atoms with E-state index in [9.17, 15) is 0 Å². The quantitative estimate of drug-likeness (QED) is 0.770. The van der Waals surface area contributed by atoms with Crippen LogP contribution in [0.4, 0.5) is 11.4 Å². The number of fused-ring (bicyclic) bond motifs is 1. The molecule has 0 fully saturated rings. The first-order chi connectivity index (χ1) is 9.28. The van der Waals surface area contributed by atoms with E-state index in [1.807, 2.05) is 19.1 Å². The summed E-state index contributed by atoms with van der Waals surface area (Å²) in [5, 5.41) is 11.2. The Morgan fingerprint density at radius 3 is 2.47 bits per heavy atom.